The Morgan fingerprint density at radius 1 is 1.11 bits per heavy atom. The molecule has 0 aromatic heterocycles. The van der Waals surface area contributed by atoms with Crippen LogP contribution in [0.15, 0.2) is 0 Å². The number of carbonyl (C=O) groups excluding carboxylic acids is 1. The molecule has 1 saturated heterocycles. The fourth-order valence-electron chi connectivity index (χ4n) is 3.15. The normalized spacial score (nSPS) is 22.9. The van der Waals surface area contributed by atoms with Crippen molar-refractivity contribution in [1.29, 1.82) is 0 Å². The molecule has 2 aliphatic rings. The predicted molar refractivity (Wildman–Crippen MR) is 69.2 cm³/mol. The fourth-order valence-corrected chi connectivity index (χ4v) is 3.15. The van der Waals surface area contributed by atoms with E-state index in [1.165, 1.54) is 19.3 Å². The Kier molecular flexibility index (Phi) is 5.45. The largest absolute Gasteiger partial charge is 0.395 e. The molecule has 0 bridgehead atoms. The molecule has 1 amide bonds. The molecule has 4 nitrogen and oxygen atoms in total. The summed E-state index contributed by atoms with van der Waals surface area (Å²) in [5.74, 6) is 0.367. The van der Waals surface area contributed by atoms with Gasteiger partial charge in [-0.3, -0.25) is 4.79 Å². The highest BCUT2D eigenvalue weighted by molar-refractivity contribution is 5.79. The van der Waals surface area contributed by atoms with E-state index >= 15 is 0 Å². The van der Waals surface area contributed by atoms with Crippen LogP contribution in [0.5, 0.6) is 0 Å². The van der Waals surface area contributed by atoms with E-state index in [9.17, 15) is 9.90 Å². The highest BCUT2D eigenvalue weighted by atomic mass is 16.5. The van der Waals surface area contributed by atoms with Gasteiger partial charge >= 0.3 is 0 Å². The molecule has 2 fully saturated rings. The van der Waals surface area contributed by atoms with Gasteiger partial charge in [-0.2, -0.15) is 0 Å². The lowest BCUT2D eigenvalue weighted by molar-refractivity contribution is -0.142. The Balaban J connectivity index is 1.96. The first-order chi connectivity index (χ1) is 8.83. The first-order valence-electron chi connectivity index (χ1n) is 7.32. The summed E-state index contributed by atoms with van der Waals surface area (Å²) >= 11 is 0. The van der Waals surface area contributed by atoms with Crippen molar-refractivity contribution < 1.29 is 14.6 Å². The molecule has 0 unspecified atom stereocenters. The predicted octanol–water partition coefficient (Wildman–Crippen LogP) is 1.57. The number of amides is 1. The van der Waals surface area contributed by atoms with Crippen molar-refractivity contribution >= 4 is 5.91 Å². The topological polar surface area (TPSA) is 49.8 Å². The highest BCUT2D eigenvalue weighted by Crippen LogP contribution is 2.26. The zero-order valence-electron chi connectivity index (χ0n) is 11.1. The Morgan fingerprint density at radius 3 is 2.39 bits per heavy atom. The molecule has 0 aromatic rings. The molecular weight excluding hydrogens is 230 g/mol. The molecule has 2 rings (SSSR count). The monoisotopic (exact) mass is 255 g/mol. The Morgan fingerprint density at radius 2 is 1.78 bits per heavy atom. The van der Waals surface area contributed by atoms with Gasteiger partial charge in [0, 0.05) is 31.7 Å². The number of aliphatic hydroxyl groups is 1. The van der Waals surface area contributed by atoms with Gasteiger partial charge < -0.3 is 14.7 Å². The van der Waals surface area contributed by atoms with Crippen LogP contribution in [0, 0.1) is 5.92 Å². The maximum atomic E-state index is 12.5. The third-order valence-corrected chi connectivity index (χ3v) is 4.21. The van der Waals surface area contributed by atoms with E-state index in [2.05, 4.69) is 0 Å². The zero-order chi connectivity index (χ0) is 12.8. The second-order valence-electron chi connectivity index (χ2n) is 5.43. The van der Waals surface area contributed by atoms with Crippen LogP contribution in [0.25, 0.3) is 0 Å². The molecule has 1 aliphatic carbocycles. The van der Waals surface area contributed by atoms with Crippen molar-refractivity contribution in [3.05, 3.63) is 0 Å². The summed E-state index contributed by atoms with van der Waals surface area (Å²) < 4.78 is 5.31. The molecule has 1 aliphatic heterocycles. The maximum Gasteiger partial charge on any atom is 0.226 e. The minimum Gasteiger partial charge on any atom is -0.395 e. The van der Waals surface area contributed by atoms with Crippen molar-refractivity contribution in [2.24, 2.45) is 5.92 Å². The Bertz CT molecular complexity index is 258. The zero-order valence-corrected chi connectivity index (χ0v) is 11.1. The van der Waals surface area contributed by atoms with Crippen LogP contribution in [0.2, 0.25) is 0 Å². The van der Waals surface area contributed by atoms with Crippen LogP contribution in [0.3, 0.4) is 0 Å². The molecule has 1 heterocycles. The lowest BCUT2D eigenvalue weighted by Crippen LogP contribution is -2.46. The summed E-state index contributed by atoms with van der Waals surface area (Å²) in [5.41, 5.74) is 0. The number of carbonyl (C=O) groups is 1. The van der Waals surface area contributed by atoms with Crippen molar-refractivity contribution in [3.63, 3.8) is 0 Å². The third-order valence-electron chi connectivity index (χ3n) is 4.21. The molecule has 0 atom stereocenters. The molecule has 1 N–H and O–H groups in total. The van der Waals surface area contributed by atoms with Crippen molar-refractivity contribution in [3.8, 4) is 0 Å². The second kappa shape index (κ2) is 7.10. The van der Waals surface area contributed by atoms with Crippen LogP contribution in [-0.2, 0) is 9.53 Å². The van der Waals surface area contributed by atoms with Crippen LogP contribution < -0.4 is 0 Å². The van der Waals surface area contributed by atoms with E-state index in [0.717, 1.165) is 25.7 Å². The van der Waals surface area contributed by atoms with Crippen LogP contribution in [-0.4, -0.2) is 48.3 Å². The smallest absolute Gasteiger partial charge is 0.226 e. The first kappa shape index (κ1) is 13.8. The van der Waals surface area contributed by atoms with E-state index in [1.807, 2.05) is 4.90 Å². The van der Waals surface area contributed by atoms with Gasteiger partial charge in [0.15, 0.2) is 0 Å². The number of hydrogen-bond donors (Lipinski definition) is 1. The van der Waals surface area contributed by atoms with Crippen molar-refractivity contribution in [2.75, 3.05) is 26.4 Å². The van der Waals surface area contributed by atoms with E-state index in [4.69, 9.17) is 4.74 Å². The Labute approximate surface area is 109 Å². The summed E-state index contributed by atoms with van der Waals surface area (Å²) in [6.07, 6.45) is 7.61. The maximum absolute atomic E-state index is 12.5. The lowest BCUT2D eigenvalue weighted by atomic mass is 9.91. The van der Waals surface area contributed by atoms with E-state index < -0.39 is 0 Å². The number of hydrogen-bond acceptors (Lipinski definition) is 3. The van der Waals surface area contributed by atoms with Gasteiger partial charge in [0.2, 0.25) is 5.91 Å². The van der Waals surface area contributed by atoms with Crippen molar-refractivity contribution in [2.45, 2.75) is 51.0 Å². The van der Waals surface area contributed by atoms with E-state index in [-0.39, 0.29) is 18.4 Å². The quantitative estimate of drug-likeness (QED) is 0.829. The molecule has 104 valence electrons. The average molecular weight is 255 g/mol. The van der Waals surface area contributed by atoms with Crippen LogP contribution >= 0.6 is 0 Å². The summed E-state index contributed by atoms with van der Waals surface area (Å²) in [6.45, 7) is 1.98. The van der Waals surface area contributed by atoms with Gasteiger partial charge in [-0.25, -0.2) is 0 Å². The fraction of sp³-hybridized carbons (Fsp3) is 0.929. The van der Waals surface area contributed by atoms with Crippen molar-refractivity contribution in [1.82, 2.24) is 4.90 Å². The minimum absolute atomic E-state index is 0.0749. The Hall–Kier alpha value is -0.610. The van der Waals surface area contributed by atoms with Gasteiger partial charge in [-0.1, -0.05) is 19.3 Å². The SMILES string of the molecule is O=C(C1CCOCC1)N(CCO)C1CCCCC1. The molecular formula is C14H25NO3. The van der Waals surface area contributed by atoms with Gasteiger partial charge in [0.1, 0.15) is 0 Å². The minimum atomic E-state index is 0.0749. The van der Waals surface area contributed by atoms with Gasteiger partial charge in [-0.15, -0.1) is 0 Å². The van der Waals surface area contributed by atoms with E-state index in [1.54, 1.807) is 0 Å². The molecule has 0 aromatic carbocycles. The molecule has 18 heavy (non-hydrogen) atoms. The molecule has 4 heteroatoms. The first-order valence-corrected chi connectivity index (χ1v) is 7.32. The molecule has 1 saturated carbocycles. The molecule has 0 radical (unpaired) electrons. The molecule has 0 spiro atoms. The number of nitrogens with zero attached hydrogens (tertiary/aromatic N) is 1. The standard InChI is InChI=1S/C14H25NO3/c16-9-8-15(13-4-2-1-3-5-13)14(17)12-6-10-18-11-7-12/h12-13,16H,1-11H2. The van der Waals surface area contributed by atoms with Gasteiger partial charge in [0.25, 0.3) is 0 Å². The number of ether oxygens (including phenoxy) is 1. The number of aliphatic hydroxyl groups excluding tert-OH is 1. The van der Waals surface area contributed by atoms with Crippen LogP contribution in [0.4, 0.5) is 0 Å². The van der Waals surface area contributed by atoms with E-state index in [0.29, 0.717) is 25.8 Å². The highest BCUT2D eigenvalue weighted by Gasteiger charge is 2.31. The summed E-state index contributed by atoms with van der Waals surface area (Å²) in [5, 5.41) is 9.20. The number of rotatable bonds is 4. The van der Waals surface area contributed by atoms with Gasteiger partial charge in [-0.05, 0) is 25.7 Å². The lowest BCUT2D eigenvalue weighted by Gasteiger charge is -2.37. The average Bonchev–Trinajstić information content (AvgIpc) is 2.46. The summed E-state index contributed by atoms with van der Waals surface area (Å²) in [4.78, 5) is 14.5. The third kappa shape index (κ3) is 3.45. The summed E-state index contributed by atoms with van der Waals surface area (Å²) in [6, 6.07) is 0.362. The van der Waals surface area contributed by atoms with Crippen LogP contribution in [0.1, 0.15) is 44.9 Å². The summed E-state index contributed by atoms with van der Waals surface area (Å²) in [7, 11) is 0. The van der Waals surface area contributed by atoms with Gasteiger partial charge in [0.05, 0.1) is 6.61 Å². The second-order valence-corrected chi connectivity index (χ2v) is 5.43.